The van der Waals surface area contributed by atoms with Crippen molar-refractivity contribution in [3.05, 3.63) is 109 Å². The zero-order valence-electron chi connectivity index (χ0n) is 33.6. The van der Waals surface area contributed by atoms with Gasteiger partial charge in [0.05, 0.1) is 25.4 Å². The van der Waals surface area contributed by atoms with Gasteiger partial charge in [-0.05, 0) is 90.4 Å². The zero-order chi connectivity index (χ0) is 40.2. The molecule has 7 atom stereocenters. The van der Waals surface area contributed by atoms with E-state index in [1.54, 1.807) is 6.08 Å². The van der Waals surface area contributed by atoms with E-state index in [9.17, 15) is 30.3 Å². The molecule has 7 unspecified atom stereocenters. The van der Waals surface area contributed by atoms with Gasteiger partial charge in [0.2, 0.25) is 5.91 Å². The van der Waals surface area contributed by atoms with E-state index < -0.39 is 49.5 Å². The van der Waals surface area contributed by atoms with Crippen LogP contribution in [-0.4, -0.2) is 87.5 Å². The van der Waals surface area contributed by atoms with Crippen molar-refractivity contribution in [2.24, 2.45) is 0 Å². The fraction of sp³-hybridized carbons (Fsp3) is 0.587. The van der Waals surface area contributed by atoms with E-state index in [2.05, 4.69) is 103 Å². The van der Waals surface area contributed by atoms with Crippen molar-refractivity contribution in [1.82, 2.24) is 5.32 Å². The first-order valence-electron chi connectivity index (χ1n) is 20.6. The summed E-state index contributed by atoms with van der Waals surface area (Å²) in [6, 6.07) is -0.847. The van der Waals surface area contributed by atoms with Gasteiger partial charge < -0.3 is 40.3 Å². The van der Waals surface area contributed by atoms with E-state index in [0.29, 0.717) is 19.3 Å². The summed E-state index contributed by atoms with van der Waals surface area (Å²) >= 11 is 0. The second-order valence-corrected chi connectivity index (χ2v) is 13.7. The molecule has 1 fully saturated rings. The van der Waals surface area contributed by atoms with Crippen molar-refractivity contribution >= 4 is 5.91 Å². The predicted octanol–water partition coefficient (Wildman–Crippen LogP) is 7.94. The van der Waals surface area contributed by atoms with Crippen LogP contribution >= 0.6 is 0 Å². The third kappa shape index (κ3) is 26.4. The second-order valence-electron chi connectivity index (χ2n) is 13.7. The van der Waals surface area contributed by atoms with Gasteiger partial charge in [-0.25, -0.2) is 0 Å². The number of carbonyl (C=O) groups excluding carboxylic acids is 1. The van der Waals surface area contributed by atoms with Crippen molar-refractivity contribution in [3.8, 4) is 0 Å². The van der Waals surface area contributed by atoms with E-state index in [1.807, 2.05) is 19.1 Å². The van der Waals surface area contributed by atoms with Gasteiger partial charge in [0.15, 0.2) is 6.29 Å². The van der Waals surface area contributed by atoms with Crippen molar-refractivity contribution in [3.63, 3.8) is 0 Å². The van der Waals surface area contributed by atoms with E-state index in [1.165, 1.54) is 0 Å². The minimum Gasteiger partial charge on any atom is -0.394 e. The summed E-state index contributed by atoms with van der Waals surface area (Å²) in [7, 11) is 0. The molecule has 0 aromatic rings. The largest absolute Gasteiger partial charge is 0.394 e. The molecule has 0 aliphatic carbocycles. The number of hydrogen-bond acceptors (Lipinski definition) is 8. The molecule has 1 amide bonds. The van der Waals surface area contributed by atoms with Crippen LogP contribution in [0, 0.1) is 0 Å². The Kier molecular flexibility index (Phi) is 32.0. The third-order valence-electron chi connectivity index (χ3n) is 8.90. The van der Waals surface area contributed by atoms with Gasteiger partial charge in [-0.1, -0.05) is 129 Å². The van der Waals surface area contributed by atoms with Crippen LogP contribution < -0.4 is 5.32 Å². The maximum Gasteiger partial charge on any atom is 0.220 e. The molecule has 0 bridgehead atoms. The fourth-order valence-electron chi connectivity index (χ4n) is 5.61. The highest BCUT2D eigenvalue weighted by molar-refractivity contribution is 5.76. The number of allylic oxidation sites excluding steroid dienone is 17. The summed E-state index contributed by atoms with van der Waals surface area (Å²) in [5.41, 5.74) is 0. The fourth-order valence-corrected chi connectivity index (χ4v) is 5.61. The Hall–Kier alpha value is -3.15. The number of ether oxygens (including phenoxy) is 2. The summed E-state index contributed by atoms with van der Waals surface area (Å²) in [5.74, 6) is -0.226. The van der Waals surface area contributed by atoms with Gasteiger partial charge in [-0.2, -0.15) is 0 Å². The Morgan fingerprint density at radius 2 is 1.16 bits per heavy atom. The second kappa shape index (κ2) is 35.3. The van der Waals surface area contributed by atoms with Crippen LogP contribution in [0.15, 0.2) is 109 Å². The van der Waals surface area contributed by atoms with E-state index >= 15 is 0 Å². The minimum atomic E-state index is -1.58. The van der Waals surface area contributed by atoms with Gasteiger partial charge in [0, 0.05) is 6.42 Å². The molecule has 1 aliphatic heterocycles. The number of aliphatic hydroxyl groups is 5. The standard InChI is InChI=1S/C46H73NO8/c1-3-5-7-9-11-13-14-15-16-17-18-19-20-21-22-23-24-25-26-28-30-32-34-36-42(50)47-39(40(49)35-33-31-29-27-12-10-8-6-4-2)38-54-46-45(53)44(52)43(51)41(37-48)55-46/h4-7,11-13,15-16,18-19,21-22,24-25,27,33,35,39-41,43-46,48-49,51-53H,3,8-10,14,17,20,23,26,28-32,34,36-38H2,1-2H3,(H,47,50)/b6-4+,7-5-,13-11-,16-15-,19-18-,22-21-,25-24-,27-12+,35-33+. The zero-order valence-corrected chi connectivity index (χ0v) is 33.6. The Balaban J connectivity index is 2.38. The van der Waals surface area contributed by atoms with Crippen LogP contribution in [0.2, 0.25) is 0 Å². The van der Waals surface area contributed by atoms with Gasteiger partial charge >= 0.3 is 0 Å². The molecule has 55 heavy (non-hydrogen) atoms. The normalized spacial score (nSPS) is 22.5. The highest BCUT2D eigenvalue weighted by Crippen LogP contribution is 2.22. The first-order valence-corrected chi connectivity index (χ1v) is 20.6. The molecule has 1 saturated heterocycles. The Morgan fingerprint density at radius 1 is 0.655 bits per heavy atom. The van der Waals surface area contributed by atoms with Gasteiger partial charge in [-0.15, -0.1) is 0 Å². The topological polar surface area (TPSA) is 149 Å². The van der Waals surface area contributed by atoms with Crippen LogP contribution in [-0.2, 0) is 14.3 Å². The molecule has 1 heterocycles. The Bertz CT molecular complexity index is 1210. The number of hydrogen-bond donors (Lipinski definition) is 6. The number of rotatable bonds is 31. The highest BCUT2D eigenvalue weighted by atomic mass is 16.7. The Morgan fingerprint density at radius 3 is 1.73 bits per heavy atom. The molecule has 9 nitrogen and oxygen atoms in total. The lowest BCUT2D eigenvalue weighted by molar-refractivity contribution is -0.302. The van der Waals surface area contributed by atoms with Crippen LogP contribution in [0.1, 0.15) is 117 Å². The third-order valence-corrected chi connectivity index (χ3v) is 8.90. The van der Waals surface area contributed by atoms with E-state index in [0.717, 1.165) is 83.5 Å². The van der Waals surface area contributed by atoms with Crippen molar-refractivity contribution in [2.45, 2.75) is 159 Å². The molecular weight excluding hydrogens is 695 g/mol. The van der Waals surface area contributed by atoms with Crippen molar-refractivity contribution < 1.29 is 39.8 Å². The molecule has 0 aromatic carbocycles. The number of nitrogens with one attached hydrogen (secondary N) is 1. The lowest BCUT2D eigenvalue weighted by Crippen LogP contribution is -2.60. The summed E-state index contributed by atoms with van der Waals surface area (Å²) in [6.45, 7) is 3.34. The van der Waals surface area contributed by atoms with Crippen LogP contribution in [0.4, 0.5) is 0 Å². The first-order chi connectivity index (χ1) is 26.8. The summed E-state index contributed by atoms with van der Waals surface area (Å²) in [6.07, 6.45) is 44.4. The molecule has 0 radical (unpaired) electrons. The summed E-state index contributed by atoms with van der Waals surface area (Å²) < 4.78 is 11.1. The number of aliphatic hydroxyl groups excluding tert-OH is 5. The highest BCUT2D eigenvalue weighted by Gasteiger charge is 2.44. The van der Waals surface area contributed by atoms with E-state index in [4.69, 9.17) is 9.47 Å². The van der Waals surface area contributed by atoms with Crippen LogP contribution in [0.3, 0.4) is 0 Å². The maximum absolute atomic E-state index is 12.9. The minimum absolute atomic E-state index is 0.225. The lowest BCUT2D eigenvalue weighted by atomic mass is 9.99. The number of carbonyl (C=O) groups is 1. The molecule has 1 aliphatic rings. The molecular formula is C46H73NO8. The lowest BCUT2D eigenvalue weighted by Gasteiger charge is -2.40. The maximum atomic E-state index is 12.9. The van der Waals surface area contributed by atoms with Gasteiger partial charge in [-0.3, -0.25) is 4.79 Å². The average Bonchev–Trinajstić information content (AvgIpc) is 3.18. The number of unbranched alkanes of at least 4 members (excludes halogenated alkanes) is 6. The molecule has 310 valence electrons. The first kappa shape index (κ1) is 49.9. The van der Waals surface area contributed by atoms with Gasteiger partial charge in [0.25, 0.3) is 0 Å². The van der Waals surface area contributed by atoms with Crippen molar-refractivity contribution in [1.29, 1.82) is 0 Å². The monoisotopic (exact) mass is 768 g/mol. The molecule has 0 aromatic heterocycles. The Labute approximate surface area is 332 Å². The predicted molar refractivity (Wildman–Crippen MR) is 225 cm³/mol. The van der Waals surface area contributed by atoms with E-state index in [-0.39, 0.29) is 12.5 Å². The molecule has 0 saturated carbocycles. The van der Waals surface area contributed by atoms with Crippen LogP contribution in [0.25, 0.3) is 0 Å². The van der Waals surface area contributed by atoms with Crippen molar-refractivity contribution in [2.75, 3.05) is 13.2 Å². The SMILES string of the molecule is C/C=C/CC/C=C/CC/C=C/C(O)C(COC1OC(CO)C(O)C(O)C1O)NC(=O)CCCCCC/C=C\C/C=C\C/C=C\C/C=C\C/C=C\C/C=C\CC. The van der Waals surface area contributed by atoms with Crippen LogP contribution in [0.5, 0.6) is 0 Å². The number of amides is 1. The summed E-state index contributed by atoms with van der Waals surface area (Å²) in [5, 5.41) is 53.8. The molecule has 9 heteroatoms. The average molecular weight is 768 g/mol. The molecule has 6 N–H and O–H groups in total. The summed E-state index contributed by atoms with van der Waals surface area (Å²) in [4.78, 5) is 12.9. The quantitative estimate of drug-likeness (QED) is 0.0308. The molecule has 1 rings (SSSR count). The molecule has 0 spiro atoms. The van der Waals surface area contributed by atoms with Gasteiger partial charge in [0.1, 0.15) is 24.4 Å². The smallest absolute Gasteiger partial charge is 0.220 e.